The third-order valence-electron chi connectivity index (χ3n) is 5.64. The third kappa shape index (κ3) is 4.43. The molecule has 0 unspecified atom stereocenters. The largest absolute Gasteiger partial charge is 0.391 e. The number of carbonyl (C=O) groups excluding carboxylic acids is 2. The van der Waals surface area contributed by atoms with E-state index in [9.17, 15) is 14.7 Å². The van der Waals surface area contributed by atoms with Gasteiger partial charge in [-0.25, -0.2) is 4.98 Å². The van der Waals surface area contributed by atoms with Crippen LogP contribution in [-0.2, 0) is 0 Å². The van der Waals surface area contributed by atoms with Crippen molar-refractivity contribution in [2.24, 2.45) is 0 Å². The lowest BCUT2D eigenvalue weighted by Gasteiger charge is -2.20. The van der Waals surface area contributed by atoms with E-state index in [-0.39, 0.29) is 11.8 Å². The van der Waals surface area contributed by atoms with Gasteiger partial charge in [-0.05, 0) is 68.7 Å². The van der Waals surface area contributed by atoms with Gasteiger partial charge in [0.25, 0.3) is 11.8 Å². The van der Waals surface area contributed by atoms with Crippen LogP contribution in [0.3, 0.4) is 0 Å². The number of aromatic nitrogens is 2. The fourth-order valence-electron chi connectivity index (χ4n) is 3.92. The molecule has 1 saturated heterocycles. The second-order valence-electron chi connectivity index (χ2n) is 8.00. The molecule has 7 nitrogen and oxygen atoms in total. The van der Waals surface area contributed by atoms with Crippen molar-refractivity contribution in [1.82, 2.24) is 20.2 Å². The van der Waals surface area contributed by atoms with Crippen LogP contribution < -0.4 is 5.32 Å². The van der Waals surface area contributed by atoms with Crippen molar-refractivity contribution in [3.8, 4) is 0 Å². The lowest BCUT2D eigenvalue weighted by molar-refractivity contribution is 0.0790. The molecule has 0 saturated carbocycles. The first kappa shape index (κ1) is 21.3. The number of halogens is 1. The zero-order valence-electron chi connectivity index (χ0n) is 17.5. The van der Waals surface area contributed by atoms with Gasteiger partial charge in [0.2, 0.25) is 0 Å². The number of aromatic amines is 1. The monoisotopic (exact) mass is 440 g/mol. The highest BCUT2D eigenvalue weighted by atomic mass is 35.5. The summed E-state index contributed by atoms with van der Waals surface area (Å²) in [4.78, 5) is 35.0. The van der Waals surface area contributed by atoms with E-state index in [0.29, 0.717) is 27.5 Å². The first-order chi connectivity index (χ1) is 14.8. The molecule has 2 heterocycles. The molecule has 2 aromatic carbocycles. The molecule has 0 aliphatic carbocycles. The predicted molar refractivity (Wildman–Crippen MR) is 119 cm³/mol. The minimum atomic E-state index is -0.878. The number of nitrogens with zero attached hydrogens (tertiary/aromatic N) is 2. The van der Waals surface area contributed by atoms with E-state index in [2.05, 4.69) is 15.3 Å². The quantitative estimate of drug-likeness (QED) is 0.564. The Morgan fingerprint density at radius 3 is 2.61 bits per heavy atom. The molecule has 3 N–H and O–H groups in total. The Labute approximate surface area is 185 Å². The van der Waals surface area contributed by atoms with Crippen LogP contribution in [0.15, 0.2) is 36.4 Å². The molecule has 0 radical (unpaired) electrons. The molecule has 1 aromatic heterocycles. The summed E-state index contributed by atoms with van der Waals surface area (Å²) in [5.41, 5.74) is 3.19. The van der Waals surface area contributed by atoms with E-state index in [1.165, 1.54) is 0 Å². The van der Waals surface area contributed by atoms with E-state index in [1.807, 2.05) is 11.8 Å². The van der Waals surface area contributed by atoms with Gasteiger partial charge in [0.15, 0.2) is 0 Å². The van der Waals surface area contributed by atoms with Crippen molar-refractivity contribution in [3.63, 3.8) is 0 Å². The molecule has 8 heteroatoms. The lowest BCUT2D eigenvalue weighted by atomic mass is 10.0. The number of hydrogen-bond acceptors (Lipinski definition) is 4. The zero-order chi connectivity index (χ0) is 22.1. The summed E-state index contributed by atoms with van der Waals surface area (Å²) in [6.07, 6.45) is 1.18. The number of nitrogens with one attached hydrogen (secondary N) is 2. The number of H-pyrrole nitrogens is 1. The molecule has 4 rings (SSSR count). The summed E-state index contributed by atoms with van der Waals surface area (Å²) in [6.45, 7) is 4.97. The van der Waals surface area contributed by atoms with Crippen molar-refractivity contribution in [2.75, 3.05) is 13.1 Å². The smallest absolute Gasteiger partial charge is 0.254 e. The minimum Gasteiger partial charge on any atom is -0.391 e. The van der Waals surface area contributed by atoms with E-state index in [1.54, 1.807) is 43.3 Å². The van der Waals surface area contributed by atoms with Crippen LogP contribution in [0, 0.1) is 6.92 Å². The van der Waals surface area contributed by atoms with Crippen LogP contribution in [-0.4, -0.2) is 51.0 Å². The van der Waals surface area contributed by atoms with Crippen LogP contribution in [0.25, 0.3) is 11.0 Å². The number of imidazole rings is 1. The van der Waals surface area contributed by atoms with Crippen molar-refractivity contribution in [2.45, 2.75) is 38.8 Å². The van der Waals surface area contributed by atoms with E-state index in [4.69, 9.17) is 11.6 Å². The molecule has 162 valence electrons. The molecule has 0 spiro atoms. The van der Waals surface area contributed by atoms with Crippen LogP contribution in [0.1, 0.15) is 57.9 Å². The highest BCUT2D eigenvalue weighted by molar-refractivity contribution is 6.31. The Morgan fingerprint density at radius 1 is 1.19 bits per heavy atom. The van der Waals surface area contributed by atoms with Gasteiger partial charge in [0.1, 0.15) is 11.9 Å². The SMILES string of the molecule is Cc1cc(C(=O)N[C@H](c2nc3cc(Cl)ccc3[nH]2)[C@@H](C)O)ccc1C(=O)N1CCCC1. The van der Waals surface area contributed by atoms with Gasteiger partial charge in [-0.3, -0.25) is 9.59 Å². The average Bonchev–Trinajstić information content (AvgIpc) is 3.40. The maximum atomic E-state index is 12.9. The van der Waals surface area contributed by atoms with Crippen molar-refractivity contribution in [3.05, 3.63) is 63.9 Å². The second-order valence-corrected chi connectivity index (χ2v) is 8.44. The van der Waals surface area contributed by atoms with Gasteiger partial charge in [-0.1, -0.05) is 11.6 Å². The van der Waals surface area contributed by atoms with Gasteiger partial charge in [0.05, 0.1) is 17.1 Å². The highest BCUT2D eigenvalue weighted by Gasteiger charge is 2.25. The first-order valence-electron chi connectivity index (χ1n) is 10.4. The van der Waals surface area contributed by atoms with Gasteiger partial charge >= 0.3 is 0 Å². The van der Waals surface area contributed by atoms with Crippen molar-refractivity contribution in [1.29, 1.82) is 0 Å². The first-order valence-corrected chi connectivity index (χ1v) is 10.8. The summed E-state index contributed by atoms with van der Waals surface area (Å²) in [6, 6.07) is 9.58. The van der Waals surface area contributed by atoms with Gasteiger partial charge in [-0.2, -0.15) is 0 Å². The van der Waals surface area contributed by atoms with E-state index >= 15 is 0 Å². The van der Waals surface area contributed by atoms with Crippen LogP contribution in [0.4, 0.5) is 0 Å². The molecule has 2 amide bonds. The minimum absolute atomic E-state index is 0.00440. The molecule has 3 aromatic rings. The summed E-state index contributed by atoms with van der Waals surface area (Å²) in [5, 5.41) is 13.7. The van der Waals surface area contributed by atoms with E-state index < -0.39 is 12.1 Å². The maximum Gasteiger partial charge on any atom is 0.254 e. The van der Waals surface area contributed by atoms with Crippen molar-refractivity contribution >= 4 is 34.4 Å². The number of amides is 2. The standard InChI is InChI=1S/C23H25ClN4O3/c1-13-11-15(5-7-17(13)23(31)28-9-3-4-10-28)22(30)27-20(14(2)29)21-25-18-8-6-16(24)12-19(18)26-21/h5-8,11-12,14,20,29H,3-4,9-10H2,1-2H3,(H,25,26)(H,27,30)/t14-,20+/m1/s1. The molecular weight excluding hydrogens is 416 g/mol. The summed E-state index contributed by atoms with van der Waals surface area (Å²) >= 11 is 6.03. The molecule has 2 atom stereocenters. The number of carbonyl (C=O) groups is 2. The zero-order valence-corrected chi connectivity index (χ0v) is 18.2. The molecule has 1 aliphatic heterocycles. The summed E-state index contributed by atoms with van der Waals surface area (Å²) in [5.74, 6) is 0.0931. The molecule has 1 aliphatic rings. The van der Waals surface area contributed by atoms with Gasteiger partial charge in [-0.15, -0.1) is 0 Å². The number of fused-ring (bicyclic) bond motifs is 1. The second kappa shape index (κ2) is 8.69. The Morgan fingerprint density at radius 2 is 1.94 bits per heavy atom. The van der Waals surface area contributed by atoms with Gasteiger partial charge in [0, 0.05) is 29.2 Å². The fourth-order valence-corrected chi connectivity index (χ4v) is 4.09. The van der Waals surface area contributed by atoms with Crippen LogP contribution >= 0.6 is 11.6 Å². The fraction of sp³-hybridized carbons (Fsp3) is 0.348. The number of benzene rings is 2. The summed E-state index contributed by atoms with van der Waals surface area (Å²) < 4.78 is 0. The molecular formula is C23H25ClN4O3. The Kier molecular flexibility index (Phi) is 5.98. The number of rotatable bonds is 5. The Hall–Kier alpha value is -2.90. The van der Waals surface area contributed by atoms with Crippen LogP contribution in [0.5, 0.6) is 0 Å². The average molecular weight is 441 g/mol. The number of likely N-dealkylation sites (tertiary alicyclic amines) is 1. The predicted octanol–water partition coefficient (Wildman–Crippen LogP) is 3.61. The van der Waals surface area contributed by atoms with Gasteiger partial charge < -0.3 is 20.3 Å². The van der Waals surface area contributed by atoms with Crippen LogP contribution in [0.2, 0.25) is 5.02 Å². The summed E-state index contributed by atoms with van der Waals surface area (Å²) in [7, 11) is 0. The maximum absolute atomic E-state index is 12.9. The molecule has 31 heavy (non-hydrogen) atoms. The normalized spacial score (nSPS) is 15.8. The number of hydrogen-bond donors (Lipinski definition) is 3. The van der Waals surface area contributed by atoms with E-state index in [0.717, 1.165) is 37.0 Å². The lowest BCUT2D eigenvalue weighted by Crippen LogP contribution is -2.36. The Bertz CT molecular complexity index is 1140. The molecule has 0 bridgehead atoms. The highest BCUT2D eigenvalue weighted by Crippen LogP contribution is 2.23. The topological polar surface area (TPSA) is 98.3 Å². The van der Waals surface area contributed by atoms with Crippen molar-refractivity contribution < 1.29 is 14.7 Å². The molecule has 1 fully saturated rings. The third-order valence-corrected chi connectivity index (χ3v) is 5.87. The number of aryl methyl sites for hydroxylation is 1. The Balaban J connectivity index is 1.54. The number of aliphatic hydroxyl groups is 1. The number of aliphatic hydroxyl groups excluding tert-OH is 1.